The van der Waals surface area contributed by atoms with E-state index >= 15 is 0 Å². The predicted molar refractivity (Wildman–Crippen MR) is 138 cm³/mol. The summed E-state index contributed by atoms with van der Waals surface area (Å²) in [5, 5.41) is 4.21. The summed E-state index contributed by atoms with van der Waals surface area (Å²) >= 11 is 0. The molecule has 184 valence electrons. The smallest absolute Gasteiger partial charge is 0.246 e. The number of piperidine rings is 1. The van der Waals surface area contributed by atoms with Crippen LogP contribution in [0.5, 0.6) is 0 Å². The number of carbonyl (C=O) groups excluding carboxylic acids is 1. The van der Waals surface area contributed by atoms with Gasteiger partial charge in [-0.15, -0.1) is 0 Å². The van der Waals surface area contributed by atoms with Crippen molar-refractivity contribution in [1.29, 1.82) is 0 Å². The molecule has 0 unspecified atom stereocenters. The number of hydrogen-bond donors (Lipinski definition) is 0. The van der Waals surface area contributed by atoms with Crippen molar-refractivity contribution in [2.45, 2.75) is 71.4 Å². The van der Waals surface area contributed by atoms with Gasteiger partial charge in [0, 0.05) is 30.4 Å². The molecule has 1 aliphatic carbocycles. The molecule has 6 heteroatoms. The van der Waals surface area contributed by atoms with Crippen LogP contribution in [-0.2, 0) is 11.3 Å². The maximum Gasteiger partial charge on any atom is 0.246 e. The van der Waals surface area contributed by atoms with Gasteiger partial charge in [-0.1, -0.05) is 71.9 Å². The highest BCUT2D eigenvalue weighted by atomic mass is 16.5. The number of rotatable bonds is 6. The molecule has 1 amide bonds. The largest absolute Gasteiger partial charge is 0.371 e. The van der Waals surface area contributed by atoms with Crippen LogP contribution in [0.15, 0.2) is 53.1 Å². The third-order valence-electron chi connectivity index (χ3n) is 7.55. The molecule has 5 rings (SSSR count). The molecule has 0 radical (unpaired) electrons. The first-order valence-corrected chi connectivity index (χ1v) is 13.1. The fourth-order valence-electron chi connectivity index (χ4n) is 5.47. The Labute approximate surface area is 208 Å². The number of hydrogen-bond acceptors (Lipinski definition) is 5. The first-order chi connectivity index (χ1) is 17.1. The third-order valence-corrected chi connectivity index (χ3v) is 7.55. The first-order valence-electron chi connectivity index (χ1n) is 13.1. The standard InChI is InChI=1S/C29H36N4O2/c1-21-10-14-23(15-11-21)28-30-27(35-31-28)20-33(26-8-4-3-5-9-26)29(34)24-7-6-18-32(19-24)25-16-12-22(2)13-17-25/h10-17,24,26H,3-9,18-20H2,1-2H3/t24-/m1/s1. The molecule has 3 aromatic rings. The van der Waals surface area contributed by atoms with Crippen molar-refractivity contribution in [3.8, 4) is 11.4 Å². The van der Waals surface area contributed by atoms with E-state index in [1.54, 1.807) is 0 Å². The van der Waals surface area contributed by atoms with Gasteiger partial charge in [-0.3, -0.25) is 4.79 Å². The lowest BCUT2D eigenvalue weighted by Gasteiger charge is -2.39. The lowest BCUT2D eigenvalue weighted by Crippen LogP contribution is -2.48. The summed E-state index contributed by atoms with van der Waals surface area (Å²) in [6.45, 7) is 6.33. The van der Waals surface area contributed by atoms with Gasteiger partial charge in [-0.05, 0) is 51.7 Å². The molecule has 1 aliphatic heterocycles. The highest BCUT2D eigenvalue weighted by molar-refractivity contribution is 5.80. The molecule has 35 heavy (non-hydrogen) atoms. The monoisotopic (exact) mass is 472 g/mol. The predicted octanol–water partition coefficient (Wildman–Crippen LogP) is 5.93. The molecular formula is C29H36N4O2. The van der Waals surface area contributed by atoms with Crippen LogP contribution in [0.3, 0.4) is 0 Å². The summed E-state index contributed by atoms with van der Waals surface area (Å²) in [7, 11) is 0. The second-order valence-corrected chi connectivity index (χ2v) is 10.3. The number of benzene rings is 2. The lowest BCUT2D eigenvalue weighted by atomic mass is 9.91. The molecule has 1 saturated carbocycles. The van der Waals surface area contributed by atoms with Gasteiger partial charge in [0.1, 0.15) is 6.54 Å². The van der Waals surface area contributed by atoms with Crippen LogP contribution < -0.4 is 4.90 Å². The van der Waals surface area contributed by atoms with Gasteiger partial charge in [0.15, 0.2) is 0 Å². The zero-order valence-corrected chi connectivity index (χ0v) is 20.9. The van der Waals surface area contributed by atoms with Crippen molar-refractivity contribution in [2.75, 3.05) is 18.0 Å². The van der Waals surface area contributed by atoms with Gasteiger partial charge in [0.25, 0.3) is 0 Å². The number of nitrogens with zero attached hydrogens (tertiary/aromatic N) is 4. The average molecular weight is 473 g/mol. The Bertz CT molecular complexity index is 1120. The Morgan fingerprint density at radius 2 is 1.63 bits per heavy atom. The normalized spacial score (nSPS) is 19.0. The highest BCUT2D eigenvalue weighted by Crippen LogP contribution is 2.30. The third kappa shape index (κ3) is 5.58. The molecule has 1 atom stereocenters. The van der Waals surface area contributed by atoms with Gasteiger partial charge >= 0.3 is 0 Å². The van der Waals surface area contributed by atoms with E-state index in [2.05, 4.69) is 58.1 Å². The number of carbonyl (C=O) groups is 1. The minimum Gasteiger partial charge on any atom is -0.371 e. The van der Waals surface area contributed by atoms with Crippen molar-refractivity contribution in [3.63, 3.8) is 0 Å². The van der Waals surface area contributed by atoms with Gasteiger partial charge in [-0.2, -0.15) is 4.98 Å². The first kappa shape index (κ1) is 23.6. The summed E-state index contributed by atoms with van der Waals surface area (Å²) in [5.74, 6) is 1.33. The Balaban J connectivity index is 1.33. The van der Waals surface area contributed by atoms with E-state index in [1.165, 1.54) is 36.1 Å². The fourth-order valence-corrected chi connectivity index (χ4v) is 5.47. The zero-order valence-electron chi connectivity index (χ0n) is 20.9. The van der Waals surface area contributed by atoms with Crippen LogP contribution in [0.2, 0.25) is 0 Å². The van der Waals surface area contributed by atoms with Crippen LogP contribution in [0.25, 0.3) is 11.4 Å². The van der Waals surface area contributed by atoms with Gasteiger partial charge < -0.3 is 14.3 Å². The summed E-state index contributed by atoms with van der Waals surface area (Å²) in [6, 6.07) is 17.0. The Kier molecular flexibility index (Phi) is 7.16. The fraction of sp³-hybridized carbons (Fsp3) is 0.483. The minimum absolute atomic E-state index is 0.00790. The summed E-state index contributed by atoms with van der Waals surface area (Å²) in [6.07, 6.45) is 7.67. The van der Waals surface area contributed by atoms with E-state index < -0.39 is 0 Å². The number of aromatic nitrogens is 2. The molecule has 2 aliphatic rings. The number of aryl methyl sites for hydroxylation is 2. The van der Waals surface area contributed by atoms with Crippen LogP contribution in [0.1, 0.15) is 62.0 Å². The van der Waals surface area contributed by atoms with Crippen molar-refractivity contribution < 1.29 is 9.32 Å². The lowest BCUT2D eigenvalue weighted by molar-refractivity contribution is -0.140. The molecule has 6 nitrogen and oxygen atoms in total. The molecule has 2 fully saturated rings. The van der Waals surface area contributed by atoms with E-state index in [4.69, 9.17) is 4.52 Å². The Morgan fingerprint density at radius 1 is 0.943 bits per heavy atom. The summed E-state index contributed by atoms with van der Waals surface area (Å²) in [4.78, 5) is 23.0. The molecule has 1 saturated heterocycles. The molecule has 2 aromatic carbocycles. The van der Waals surface area contributed by atoms with Gasteiger partial charge in [-0.25, -0.2) is 0 Å². The van der Waals surface area contributed by atoms with Gasteiger partial charge in [0.05, 0.1) is 5.92 Å². The van der Waals surface area contributed by atoms with E-state index in [1.807, 2.05) is 24.3 Å². The van der Waals surface area contributed by atoms with E-state index in [0.29, 0.717) is 18.3 Å². The number of anilines is 1. The van der Waals surface area contributed by atoms with Crippen molar-refractivity contribution in [1.82, 2.24) is 15.0 Å². The second-order valence-electron chi connectivity index (χ2n) is 10.3. The Hall–Kier alpha value is -3.15. The summed E-state index contributed by atoms with van der Waals surface area (Å²) in [5.41, 5.74) is 4.59. The topological polar surface area (TPSA) is 62.5 Å². The quantitative estimate of drug-likeness (QED) is 0.445. The molecule has 2 heterocycles. The Morgan fingerprint density at radius 3 is 2.34 bits per heavy atom. The average Bonchev–Trinajstić information content (AvgIpc) is 3.37. The molecule has 0 bridgehead atoms. The van der Waals surface area contributed by atoms with E-state index in [0.717, 1.165) is 44.3 Å². The van der Waals surface area contributed by atoms with Crippen LogP contribution in [0.4, 0.5) is 5.69 Å². The van der Waals surface area contributed by atoms with Crippen molar-refractivity contribution >= 4 is 11.6 Å². The SMILES string of the molecule is Cc1ccc(-c2noc(CN(C(=O)[C@@H]3CCCN(c4ccc(C)cc4)C3)C3CCCCC3)n2)cc1. The van der Waals surface area contributed by atoms with Crippen LogP contribution in [-0.4, -0.2) is 40.1 Å². The number of amides is 1. The highest BCUT2D eigenvalue weighted by Gasteiger charge is 2.34. The van der Waals surface area contributed by atoms with Crippen LogP contribution in [0, 0.1) is 19.8 Å². The molecule has 0 N–H and O–H groups in total. The van der Waals surface area contributed by atoms with E-state index in [9.17, 15) is 4.79 Å². The molecule has 0 spiro atoms. The maximum absolute atomic E-state index is 14.0. The molecular weight excluding hydrogens is 436 g/mol. The van der Waals surface area contributed by atoms with Crippen molar-refractivity contribution in [3.05, 3.63) is 65.5 Å². The molecule has 1 aromatic heterocycles. The second kappa shape index (κ2) is 10.6. The maximum atomic E-state index is 14.0. The zero-order chi connectivity index (χ0) is 24.2. The van der Waals surface area contributed by atoms with Crippen molar-refractivity contribution in [2.24, 2.45) is 5.92 Å². The van der Waals surface area contributed by atoms with Gasteiger partial charge in [0.2, 0.25) is 17.6 Å². The van der Waals surface area contributed by atoms with E-state index in [-0.39, 0.29) is 17.9 Å². The minimum atomic E-state index is -0.00790. The van der Waals surface area contributed by atoms with Crippen LogP contribution >= 0.6 is 0 Å². The summed E-state index contributed by atoms with van der Waals surface area (Å²) < 4.78 is 5.64.